The van der Waals surface area contributed by atoms with E-state index in [1.165, 1.54) is 19.3 Å². The number of aliphatic hydroxyl groups is 1. The Labute approximate surface area is 84.6 Å². The van der Waals surface area contributed by atoms with Gasteiger partial charge in [-0.25, -0.2) is 30.1 Å². The Morgan fingerprint density at radius 1 is 1.00 bits per heavy atom. The molecule has 1 nitrogen and oxygen atoms in total. The molecule has 0 heterocycles. The largest absolute Gasteiger partial charge is 0.643 e. The van der Waals surface area contributed by atoms with Crippen LogP contribution in [0, 0.1) is 0 Å². The van der Waals surface area contributed by atoms with Gasteiger partial charge in [-0.15, -0.1) is 0 Å². The summed E-state index contributed by atoms with van der Waals surface area (Å²) in [7, 11) is 14.8. The molecule has 0 unspecified atom stereocenters. The first-order valence-electron chi connectivity index (χ1n) is 3.73. The number of hydrogen-bond acceptors (Lipinski definition) is 1. The van der Waals surface area contributed by atoms with Crippen LogP contribution in [0.1, 0.15) is 32.1 Å². The Morgan fingerprint density at radius 2 is 1.36 bits per heavy atom. The van der Waals surface area contributed by atoms with Crippen molar-refractivity contribution in [2.24, 2.45) is 0 Å². The third-order valence-corrected chi connectivity index (χ3v) is 1.57. The smallest absolute Gasteiger partial charge is 0.393 e. The second kappa shape index (κ2) is 7.98. The fraction of sp³-hybridized carbons (Fsp3) is 1.00. The molecule has 0 radical (unpaired) electrons. The normalized spacial score (nSPS) is 18.5. The first kappa shape index (κ1) is 12.4. The van der Waals surface area contributed by atoms with Crippen molar-refractivity contribution >= 4 is 41.5 Å². The average molecular weight is 234 g/mol. The fourth-order valence-corrected chi connectivity index (χ4v) is 1.08. The maximum absolute atomic E-state index is 8.91. The van der Waals surface area contributed by atoms with Gasteiger partial charge in [0.25, 0.3) is 0 Å². The Bertz CT molecular complexity index is 83.1. The molecule has 66 valence electrons. The van der Waals surface area contributed by atoms with Crippen molar-refractivity contribution in [2.75, 3.05) is 0 Å². The molecule has 1 aliphatic carbocycles. The van der Waals surface area contributed by atoms with Gasteiger partial charge >= 0.3 is 11.4 Å². The molecular weight excluding hydrogens is 221 g/mol. The van der Waals surface area contributed by atoms with E-state index < -0.39 is 11.4 Å². The van der Waals surface area contributed by atoms with Crippen LogP contribution in [0.15, 0.2) is 0 Å². The first-order chi connectivity index (χ1) is 5.13. The molecule has 1 N–H and O–H groups in total. The molecule has 0 aromatic rings. The van der Waals surface area contributed by atoms with E-state index in [0.717, 1.165) is 12.8 Å². The van der Waals surface area contributed by atoms with Gasteiger partial charge in [0.05, 0.1) is 6.10 Å². The van der Waals surface area contributed by atoms with Crippen LogP contribution in [0.4, 0.5) is 0 Å². The molecule has 1 fully saturated rings. The van der Waals surface area contributed by atoms with E-state index in [2.05, 4.69) is 0 Å². The van der Waals surface area contributed by atoms with E-state index in [1.807, 2.05) is 0 Å². The van der Waals surface area contributed by atoms with Crippen molar-refractivity contribution in [1.29, 1.82) is 0 Å². The minimum absolute atomic E-state index is 0.0359. The van der Waals surface area contributed by atoms with Crippen LogP contribution in [0.2, 0.25) is 0 Å². The van der Waals surface area contributed by atoms with Gasteiger partial charge in [-0.2, -0.15) is 0 Å². The van der Waals surface area contributed by atoms with Gasteiger partial charge < -0.3 is 5.11 Å². The molecule has 0 spiro atoms. The molecule has 1 saturated carbocycles. The second-order valence-electron chi connectivity index (χ2n) is 2.54. The lowest BCUT2D eigenvalue weighted by Crippen LogP contribution is -2.09. The summed E-state index contributed by atoms with van der Waals surface area (Å²) in [6.45, 7) is 0. The Kier molecular flexibility index (Phi) is 8.97. The van der Waals surface area contributed by atoms with E-state index in [-0.39, 0.29) is 6.10 Å². The van der Waals surface area contributed by atoms with E-state index in [4.69, 9.17) is 35.3 Å². The second-order valence-corrected chi connectivity index (χ2v) is 8.97. The van der Waals surface area contributed by atoms with Crippen LogP contribution < -0.4 is 0 Å². The summed E-state index contributed by atoms with van der Waals surface area (Å²) in [5.74, 6) is 0. The van der Waals surface area contributed by atoms with E-state index in [0.29, 0.717) is 0 Å². The zero-order valence-corrected chi connectivity index (χ0v) is 9.69. The summed E-state index contributed by atoms with van der Waals surface area (Å²) in [4.78, 5) is 0. The molecule has 0 aromatic heterocycles. The molecule has 0 aliphatic heterocycles. The SMILES string of the molecule is OC1CCCCC1.[Cl][Al]([Cl])[Cl]. The quantitative estimate of drug-likeness (QED) is 0.638. The van der Waals surface area contributed by atoms with Gasteiger partial charge in [0.2, 0.25) is 0 Å². The summed E-state index contributed by atoms with van der Waals surface area (Å²) in [5.41, 5.74) is 0. The summed E-state index contributed by atoms with van der Waals surface area (Å²) in [6.07, 6.45) is 5.92. The van der Waals surface area contributed by atoms with Gasteiger partial charge in [0, 0.05) is 0 Å². The van der Waals surface area contributed by atoms with Crippen molar-refractivity contribution in [3.63, 3.8) is 0 Å². The lowest BCUT2D eigenvalue weighted by molar-refractivity contribution is 0.130. The van der Waals surface area contributed by atoms with Crippen molar-refractivity contribution in [2.45, 2.75) is 38.2 Å². The zero-order valence-electron chi connectivity index (χ0n) is 6.27. The third-order valence-electron chi connectivity index (χ3n) is 1.57. The molecule has 1 aliphatic rings. The number of rotatable bonds is 0. The van der Waals surface area contributed by atoms with Crippen LogP contribution in [-0.4, -0.2) is 22.6 Å². The maximum atomic E-state index is 8.91. The highest BCUT2D eigenvalue weighted by atomic mass is 35.8. The predicted molar refractivity (Wildman–Crippen MR) is 52.4 cm³/mol. The standard InChI is InChI=1S/C6H12O.Al.3ClH/c7-6-4-2-1-3-5-6;;;;/h6-7H,1-5H2;;3*1H/q;+3;;;/p-3. The van der Waals surface area contributed by atoms with Crippen LogP contribution in [0.5, 0.6) is 0 Å². The van der Waals surface area contributed by atoms with Gasteiger partial charge in [-0.3, -0.25) is 0 Å². The Morgan fingerprint density at radius 3 is 1.55 bits per heavy atom. The van der Waals surface area contributed by atoms with Crippen molar-refractivity contribution in [3.8, 4) is 0 Å². The highest BCUT2D eigenvalue weighted by Crippen LogP contribution is 2.16. The zero-order chi connectivity index (χ0) is 8.69. The minimum atomic E-state index is -1.72. The molecule has 0 bridgehead atoms. The molecule has 11 heavy (non-hydrogen) atoms. The van der Waals surface area contributed by atoms with Gasteiger partial charge in [0.15, 0.2) is 0 Å². The van der Waals surface area contributed by atoms with E-state index in [1.54, 1.807) is 0 Å². The minimum Gasteiger partial charge on any atom is -0.393 e. The molecule has 0 saturated heterocycles. The number of hydrogen-bond donors (Lipinski definition) is 1. The highest BCUT2D eigenvalue weighted by molar-refractivity contribution is 7.54. The molecule has 0 aromatic carbocycles. The monoisotopic (exact) mass is 232 g/mol. The van der Waals surface area contributed by atoms with Crippen LogP contribution in [0.25, 0.3) is 0 Å². The summed E-state index contributed by atoms with van der Waals surface area (Å²) >= 11 is -1.72. The predicted octanol–water partition coefficient (Wildman–Crippen LogP) is 3.00. The molecule has 0 atom stereocenters. The summed E-state index contributed by atoms with van der Waals surface area (Å²) in [6, 6.07) is 0. The fourth-order valence-electron chi connectivity index (χ4n) is 1.08. The van der Waals surface area contributed by atoms with Crippen LogP contribution in [-0.2, 0) is 0 Å². The third kappa shape index (κ3) is 11.4. The van der Waals surface area contributed by atoms with Crippen molar-refractivity contribution < 1.29 is 5.11 Å². The first-order valence-corrected chi connectivity index (χ1v) is 8.97. The van der Waals surface area contributed by atoms with Gasteiger partial charge in [-0.05, 0) is 12.8 Å². The van der Waals surface area contributed by atoms with Crippen molar-refractivity contribution in [1.82, 2.24) is 0 Å². The van der Waals surface area contributed by atoms with Crippen LogP contribution in [0.3, 0.4) is 0 Å². The molecular formula is C6H12AlCl3O. The summed E-state index contributed by atoms with van der Waals surface area (Å²) in [5, 5.41) is 8.91. The molecule has 1 rings (SSSR count). The van der Waals surface area contributed by atoms with Crippen molar-refractivity contribution in [3.05, 3.63) is 0 Å². The number of aliphatic hydroxyl groups excluding tert-OH is 1. The maximum Gasteiger partial charge on any atom is 0.643 e. The topological polar surface area (TPSA) is 20.2 Å². The Hall–Kier alpha value is 1.36. The highest BCUT2D eigenvalue weighted by Gasteiger charge is 2.07. The lowest BCUT2D eigenvalue weighted by Gasteiger charge is -2.14. The van der Waals surface area contributed by atoms with E-state index >= 15 is 0 Å². The van der Waals surface area contributed by atoms with E-state index in [9.17, 15) is 0 Å². The lowest BCUT2D eigenvalue weighted by atomic mass is 9.98. The Balaban J connectivity index is 0.000000218. The molecule has 0 amide bonds. The number of halogens is 3. The van der Waals surface area contributed by atoms with Gasteiger partial charge in [0.1, 0.15) is 0 Å². The molecule has 5 heteroatoms. The average Bonchev–Trinajstić information content (AvgIpc) is 1.87. The summed E-state index contributed by atoms with van der Waals surface area (Å²) < 4.78 is 0. The van der Waals surface area contributed by atoms with Gasteiger partial charge in [-0.1, -0.05) is 19.3 Å². The van der Waals surface area contributed by atoms with Crippen LogP contribution >= 0.6 is 30.1 Å².